The Hall–Kier alpha value is -2.90. The van der Waals surface area contributed by atoms with Gasteiger partial charge >= 0.3 is 0 Å². The number of piperidine rings is 1. The number of aromatic nitrogens is 3. The fourth-order valence-electron chi connectivity index (χ4n) is 3.00. The fourth-order valence-corrected chi connectivity index (χ4v) is 3.00. The van der Waals surface area contributed by atoms with Gasteiger partial charge in [-0.05, 0) is 19.4 Å². The number of likely N-dealkylation sites (tertiary alicyclic amines) is 1. The van der Waals surface area contributed by atoms with E-state index in [-0.39, 0.29) is 24.0 Å². The van der Waals surface area contributed by atoms with Crippen molar-refractivity contribution >= 4 is 23.0 Å². The number of fused-ring (bicyclic) bond motifs is 1. The molecular formula is C19H25N5O3. The SMILES string of the molecule is C=CC(=O)N1CCC(Oc2cnc3[nH]cc(C(=O)NC(C)CC)c3n2)CC1. The Bertz CT molecular complexity index is 839. The summed E-state index contributed by atoms with van der Waals surface area (Å²) in [4.78, 5) is 37.6. The van der Waals surface area contributed by atoms with Gasteiger partial charge in [0.25, 0.3) is 5.91 Å². The molecule has 8 nitrogen and oxygen atoms in total. The molecule has 1 aliphatic heterocycles. The highest BCUT2D eigenvalue weighted by molar-refractivity contribution is 6.04. The molecule has 2 aromatic rings. The van der Waals surface area contributed by atoms with Crippen LogP contribution in [0.15, 0.2) is 25.0 Å². The van der Waals surface area contributed by atoms with Crippen LogP contribution in [0.1, 0.15) is 43.5 Å². The molecule has 0 aromatic carbocycles. The number of H-pyrrole nitrogens is 1. The minimum Gasteiger partial charge on any atom is -0.473 e. The van der Waals surface area contributed by atoms with Crippen molar-refractivity contribution in [2.75, 3.05) is 13.1 Å². The van der Waals surface area contributed by atoms with Gasteiger partial charge in [-0.2, -0.15) is 0 Å². The summed E-state index contributed by atoms with van der Waals surface area (Å²) < 4.78 is 5.95. The molecule has 0 bridgehead atoms. The summed E-state index contributed by atoms with van der Waals surface area (Å²) in [7, 11) is 0. The molecule has 1 saturated heterocycles. The highest BCUT2D eigenvalue weighted by Gasteiger charge is 2.23. The second-order valence-corrected chi connectivity index (χ2v) is 6.74. The zero-order chi connectivity index (χ0) is 19.4. The van der Waals surface area contributed by atoms with Crippen LogP contribution in [0.4, 0.5) is 0 Å². The van der Waals surface area contributed by atoms with Gasteiger partial charge in [0.05, 0.1) is 11.8 Å². The standard InChI is InChI=1S/C19H25N5O3/c1-4-12(3)22-19(26)14-10-20-18-17(14)23-15(11-21-18)27-13-6-8-24(9-7-13)16(25)5-2/h5,10-13H,2,4,6-9H2,1,3H3,(H,20,21)(H,22,26). The van der Waals surface area contributed by atoms with Crippen LogP contribution in [0.25, 0.3) is 11.2 Å². The fraction of sp³-hybridized carbons (Fsp3) is 0.474. The number of nitrogens with one attached hydrogen (secondary N) is 2. The third-order valence-electron chi connectivity index (χ3n) is 4.81. The Labute approximate surface area is 158 Å². The minimum atomic E-state index is -0.182. The lowest BCUT2D eigenvalue weighted by Crippen LogP contribution is -2.41. The number of amides is 2. The Kier molecular flexibility index (Phi) is 5.73. The van der Waals surface area contributed by atoms with Crippen molar-refractivity contribution in [1.82, 2.24) is 25.2 Å². The van der Waals surface area contributed by atoms with Gasteiger partial charge in [0.2, 0.25) is 11.8 Å². The van der Waals surface area contributed by atoms with Crippen molar-refractivity contribution in [1.29, 1.82) is 0 Å². The monoisotopic (exact) mass is 371 g/mol. The zero-order valence-corrected chi connectivity index (χ0v) is 15.7. The molecule has 0 saturated carbocycles. The maximum absolute atomic E-state index is 12.4. The third-order valence-corrected chi connectivity index (χ3v) is 4.81. The second-order valence-electron chi connectivity index (χ2n) is 6.74. The van der Waals surface area contributed by atoms with Crippen molar-refractivity contribution in [2.24, 2.45) is 0 Å². The Morgan fingerprint density at radius 3 is 2.89 bits per heavy atom. The minimum absolute atomic E-state index is 0.0399. The topological polar surface area (TPSA) is 100 Å². The van der Waals surface area contributed by atoms with E-state index in [0.29, 0.717) is 48.5 Å². The Balaban J connectivity index is 1.69. The summed E-state index contributed by atoms with van der Waals surface area (Å²) in [5.41, 5.74) is 1.49. The first-order chi connectivity index (χ1) is 13.0. The van der Waals surface area contributed by atoms with E-state index >= 15 is 0 Å². The van der Waals surface area contributed by atoms with Gasteiger partial charge in [0, 0.05) is 38.2 Å². The maximum Gasteiger partial charge on any atom is 0.255 e. The number of hydrogen-bond acceptors (Lipinski definition) is 5. The van der Waals surface area contributed by atoms with Gasteiger partial charge in [-0.25, -0.2) is 9.97 Å². The molecule has 3 rings (SSSR count). The molecule has 2 amide bonds. The van der Waals surface area contributed by atoms with Gasteiger partial charge in [0.1, 0.15) is 11.6 Å². The Morgan fingerprint density at radius 1 is 1.48 bits per heavy atom. The maximum atomic E-state index is 12.4. The molecule has 0 radical (unpaired) electrons. The number of nitrogens with zero attached hydrogens (tertiary/aromatic N) is 3. The summed E-state index contributed by atoms with van der Waals surface area (Å²) in [6.07, 6.45) is 6.74. The van der Waals surface area contributed by atoms with E-state index in [1.54, 1.807) is 17.3 Å². The van der Waals surface area contributed by atoms with Crippen molar-refractivity contribution in [2.45, 2.75) is 45.3 Å². The van der Waals surface area contributed by atoms with Gasteiger partial charge in [-0.1, -0.05) is 13.5 Å². The van der Waals surface area contributed by atoms with E-state index in [2.05, 4.69) is 26.8 Å². The average Bonchev–Trinajstić information content (AvgIpc) is 3.11. The van der Waals surface area contributed by atoms with Crippen LogP contribution in [0.2, 0.25) is 0 Å². The van der Waals surface area contributed by atoms with Crippen molar-refractivity contribution in [3.63, 3.8) is 0 Å². The number of carbonyl (C=O) groups is 2. The van der Waals surface area contributed by atoms with Crippen LogP contribution in [0.3, 0.4) is 0 Å². The second kappa shape index (κ2) is 8.20. The van der Waals surface area contributed by atoms with E-state index in [1.165, 1.54) is 6.08 Å². The first kappa shape index (κ1) is 18.9. The quantitative estimate of drug-likeness (QED) is 0.757. The lowest BCUT2D eigenvalue weighted by Gasteiger charge is -2.31. The number of carbonyl (C=O) groups excluding carboxylic acids is 2. The Morgan fingerprint density at radius 2 is 2.22 bits per heavy atom. The van der Waals surface area contributed by atoms with E-state index in [0.717, 1.165) is 6.42 Å². The summed E-state index contributed by atoms with van der Waals surface area (Å²) in [5.74, 6) is 0.144. The molecule has 1 aliphatic rings. The van der Waals surface area contributed by atoms with Crippen molar-refractivity contribution in [3.05, 3.63) is 30.6 Å². The third kappa shape index (κ3) is 4.27. The molecule has 3 heterocycles. The largest absolute Gasteiger partial charge is 0.473 e. The molecule has 2 N–H and O–H groups in total. The number of aromatic amines is 1. The smallest absolute Gasteiger partial charge is 0.255 e. The molecule has 0 spiro atoms. The van der Waals surface area contributed by atoms with Crippen molar-refractivity contribution in [3.8, 4) is 5.88 Å². The van der Waals surface area contributed by atoms with E-state index in [1.807, 2.05) is 13.8 Å². The van der Waals surface area contributed by atoms with Crippen LogP contribution >= 0.6 is 0 Å². The van der Waals surface area contributed by atoms with Gasteiger partial charge in [-0.3, -0.25) is 9.59 Å². The molecule has 2 aromatic heterocycles. The van der Waals surface area contributed by atoms with Crippen molar-refractivity contribution < 1.29 is 14.3 Å². The van der Waals surface area contributed by atoms with E-state index < -0.39 is 0 Å². The van der Waals surface area contributed by atoms with E-state index in [4.69, 9.17) is 4.74 Å². The molecule has 8 heteroatoms. The normalized spacial score (nSPS) is 16.1. The van der Waals surface area contributed by atoms with Gasteiger partial charge in [-0.15, -0.1) is 0 Å². The zero-order valence-electron chi connectivity index (χ0n) is 15.7. The van der Waals surface area contributed by atoms with Gasteiger partial charge in [0.15, 0.2) is 5.65 Å². The highest BCUT2D eigenvalue weighted by Crippen LogP contribution is 2.21. The number of hydrogen-bond donors (Lipinski definition) is 2. The van der Waals surface area contributed by atoms with Crippen LogP contribution in [0, 0.1) is 0 Å². The molecule has 144 valence electrons. The van der Waals surface area contributed by atoms with Crippen LogP contribution in [-0.4, -0.2) is 56.9 Å². The molecule has 1 fully saturated rings. The molecule has 1 atom stereocenters. The predicted octanol–water partition coefficient (Wildman–Crippen LogP) is 2.04. The average molecular weight is 371 g/mol. The summed E-state index contributed by atoms with van der Waals surface area (Å²) in [5, 5.41) is 2.93. The predicted molar refractivity (Wildman–Crippen MR) is 102 cm³/mol. The van der Waals surface area contributed by atoms with E-state index in [9.17, 15) is 9.59 Å². The van der Waals surface area contributed by atoms with Gasteiger partial charge < -0.3 is 19.9 Å². The lowest BCUT2D eigenvalue weighted by molar-refractivity contribution is -0.127. The molecule has 27 heavy (non-hydrogen) atoms. The van der Waals surface area contributed by atoms with Crippen LogP contribution in [0.5, 0.6) is 5.88 Å². The first-order valence-corrected chi connectivity index (χ1v) is 9.24. The number of ether oxygens (including phenoxy) is 1. The number of rotatable bonds is 6. The molecule has 0 aliphatic carbocycles. The summed E-state index contributed by atoms with van der Waals surface area (Å²) >= 11 is 0. The molecular weight excluding hydrogens is 346 g/mol. The van der Waals surface area contributed by atoms with Crippen LogP contribution in [-0.2, 0) is 4.79 Å². The molecule has 1 unspecified atom stereocenters. The first-order valence-electron chi connectivity index (χ1n) is 9.24. The van der Waals surface area contributed by atoms with Crippen LogP contribution < -0.4 is 10.1 Å². The summed E-state index contributed by atoms with van der Waals surface area (Å²) in [6.45, 7) is 8.73. The lowest BCUT2D eigenvalue weighted by atomic mass is 10.1. The summed E-state index contributed by atoms with van der Waals surface area (Å²) in [6, 6.07) is 0.0818. The highest BCUT2D eigenvalue weighted by atomic mass is 16.5.